The molecule has 0 fully saturated rings. The lowest BCUT2D eigenvalue weighted by Gasteiger charge is -2.08. The number of nitrogens with zero attached hydrogens (tertiary/aromatic N) is 6. The number of hydrogen-bond acceptors (Lipinski definition) is 9. The number of hydrogen-bond donors (Lipinski definition) is 2. The Bertz CT molecular complexity index is 1050. The Morgan fingerprint density at radius 1 is 0.963 bits per heavy atom. The maximum absolute atomic E-state index is 12.7. The topological polar surface area (TPSA) is 118 Å². The van der Waals surface area contributed by atoms with Crippen molar-refractivity contribution in [2.45, 2.75) is 13.1 Å². The average molecular weight is 378 g/mol. The number of thiophene rings is 1. The standard InChI is InChI=1S/C17H14N8OS/c26-16(18-9-11-3-1-6-20-24-11)14-15-13(5-8-27-15)22-17(23-14)19-10-12-4-2-7-21-25-12/h1-8H,9-10H2,(H,18,26)(H,19,22,23). The van der Waals surface area contributed by atoms with E-state index in [2.05, 4.69) is 41.0 Å². The number of carbonyl (C=O) groups excluding carboxylic acids is 1. The fourth-order valence-electron chi connectivity index (χ4n) is 2.38. The van der Waals surface area contributed by atoms with Crippen LogP contribution in [-0.4, -0.2) is 36.3 Å². The van der Waals surface area contributed by atoms with Crippen LogP contribution in [0, 0.1) is 0 Å². The lowest BCUT2D eigenvalue weighted by atomic mass is 10.3. The van der Waals surface area contributed by atoms with Crippen molar-refractivity contribution in [2.75, 3.05) is 5.32 Å². The van der Waals surface area contributed by atoms with Crippen molar-refractivity contribution in [3.63, 3.8) is 0 Å². The van der Waals surface area contributed by atoms with Gasteiger partial charge in [0.15, 0.2) is 5.69 Å². The van der Waals surface area contributed by atoms with E-state index in [1.54, 1.807) is 30.6 Å². The molecule has 0 saturated heterocycles. The smallest absolute Gasteiger partial charge is 0.271 e. The van der Waals surface area contributed by atoms with Gasteiger partial charge in [-0.2, -0.15) is 20.4 Å². The molecule has 4 aromatic rings. The van der Waals surface area contributed by atoms with E-state index in [0.717, 1.165) is 10.4 Å². The number of nitrogens with one attached hydrogen (secondary N) is 2. The van der Waals surface area contributed by atoms with E-state index in [9.17, 15) is 4.79 Å². The van der Waals surface area contributed by atoms with Crippen molar-refractivity contribution in [2.24, 2.45) is 0 Å². The van der Waals surface area contributed by atoms with E-state index in [1.165, 1.54) is 11.3 Å². The van der Waals surface area contributed by atoms with Crippen LogP contribution in [-0.2, 0) is 13.1 Å². The summed E-state index contributed by atoms with van der Waals surface area (Å²) in [6.45, 7) is 0.677. The molecular weight excluding hydrogens is 364 g/mol. The van der Waals surface area contributed by atoms with E-state index in [4.69, 9.17) is 0 Å². The first-order valence-electron chi connectivity index (χ1n) is 8.10. The summed E-state index contributed by atoms with van der Waals surface area (Å²) in [6, 6.07) is 9.07. The van der Waals surface area contributed by atoms with Gasteiger partial charge in [0.05, 0.1) is 34.7 Å². The molecule has 27 heavy (non-hydrogen) atoms. The van der Waals surface area contributed by atoms with Crippen LogP contribution in [0.1, 0.15) is 21.9 Å². The number of fused-ring (bicyclic) bond motifs is 1. The molecule has 0 spiro atoms. The molecule has 4 aromatic heterocycles. The highest BCUT2D eigenvalue weighted by atomic mass is 32.1. The molecule has 0 atom stereocenters. The summed E-state index contributed by atoms with van der Waals surface area (Å²) in [5.74, 6) is 0.0641. The summed E-state index contributed by atoms with van der Waals surface area (Å²) in [5.41, 5.74) is 2.45. The maximum atomic E-state index is 12.7. The third-order valence-electron chi connectivity index (χ3n) is 3.63. The average Bonchev–Trinajstić information content (AvgIpc) is 3.20. The van der Waals surface area contributed by atoms with Crippen LogP contribution >= 0.6 is 11.3 Å². The lowest BCUT2D eigenvalue weighted by Crippen LogP contribution is -2.25. The molecular formula is C17H14N8OS. The summed E-state index contributed by atoms with van der Waals surface area (Å²) < 4.78 is 0.733. The zero-order valence-corrected chi connectivity index (χ0v) is 14.8. The SMILES string of the molecule is O=C(NCc1cccnn1)c1nc(NCc2cccnn2)nc2ccsc12. The fourth-order valence-corrected chi connectivity index (χ4v) is 3.19. The molecule has 4 rings (SSSR count). The van der Waals surface area contributed by atoms with Crippen LogP contribution in [0.3, 0.4) is 0 Å². The minimum Gasteiger partial charge on any atom is -0.348 e. The van der Waals surface area contributed by atoms with E-state index in [0.29, 0.717) is 29.4 Å². The number of amides is 1. The molecule has 0 aliphatic rings. The minimum atomic E-state index is -0.293. The fraction of sp³-hybridized carbons (Fsp3) is 0.118. The second kappa shape index (κ2) is 7.79. The highest BCUT2D eigenvalue weighted by Crippen LogP contribution is 2.23. The number of carbonyl (C=O) groups is 1. The number of anilines is 1. The van der Waals surface area contributed by atoms with Gasteiger partial charge in [0.25, 0.3) is 5.91 Å². The van der Waals surface area contributed by atoms with Gasteiger partial charge in [-0.25, -0.2) is 9.97 Å². The van der Waals surface area contributed by atoms with Gasteiger partial charge >= 0.3 is 0 Å². The first-order valence-corrected chi connectivity index (χ1v) is 8.98. The van der Waals surface area contributed by atoms with E-state index in [-0.39, 0.29) is 12.5 Å². The summed E-state index contributed by atoms with van der Waals surface area (Å²) in [4.78, 5) is 21.5. The number of rotatable bonds is 6. The summed E-state index contributed by atoms with van der Waals surface area (Å²) in [7, 11) is 0. The van der Waals surface area contributed by atoms with Gasteiger partial charge in [0.1, 0.15) is 0 Å². The van der Waals surface area contributed by atoms with Gasteiger partial charge in [0, 0.05) is 12.4 Å². The van der Waals surface area contributed by atoms with Crippen LogP contribution in [0.5, 0.6) is 0 Å². The first-order chi connectivity index (χ1) is 13.3. The molecule has 0 bridgehead atoms. The quantitative estimate of drug-likeness (QED) is 0.521. The van der Waals surface area contributed by atoms with E-state index < -0.39 is 0 Å². The van der Waals surface area contributed by atoms with Crippen molar-refractivity contribution in [1.82, 2.24) is 35.7 Å². The Kier molecular flexibility index (Phi) is 4.88. The highest BCUT2D eigenvalue weighted by Gasteiger charge is 2.16. The largest absolute Gasteiger partial charge is 0.348 e. The zero-order valence-electron chi connectivity index (χ0n) is 14.0. The summed E-state index contributed by atoms with van der Waals surface area (Å²) in [5, 5.41) is 23.4. The first kappa shape index (κ1) is 16.9. The molecule has 9 nitrogen and oxygen atoms in total. The van der Waals surface area contributed by atoms with E-state index >= 15 is 0 Å². The zero-order chi connectivity index (χ0) is 18.5. The van der Waals surface area contributed by atoms with Crippen LogP contribution < -0.4 is 10.6 Å². The highest BCUT2D eigenvalue weighted by molar-refractivity contribution is 7.17. The second-order valence-electron chi connectivity index (χ2n) is 5.50. The van der Waals surface area contributed by atoms with Gasteiger partial charge in [-0.1, -0.05) is 0 Å². The van der Waals surface area contributed by atoms with Gasteiger partial charge in [-0.05, 0) is 35.7 Å². The van der Waals surface area contributed by atoms with Crippen LogP contribution in [0.25, 0.3) is 10.2 Å². The predicted molar refractivity (Wildman–Crippen MR) is 100.0 cm³/mol. The normalized spacial score (nSPS) is 10.7. The van der Waals surface area contributed by atoms with Crippen molar-refractivity contribution in [3.8, 4) is 0 Å². The molecule has 0 aromatic carbocycles. The minimum absolute atomic E-state index is 0.270. The van der Waals surface area contributed by atoms with Crippen molar-refractivity contribution < 1.29 is 4.79 Å². The predicted octanol–water partition coefficient (Wildman–Crippen LogP) is 1.81. The molecule has 134 valence electrons. The van der Waals surface area contributed by atoms with Gasteiger partial charge in [0.2, 0.25) is 5.95 Å². The van der Waals surface area contributed by atoms with Gasteiger partial charge < -0.3 is 10.6 Å². The van der Waals surface area contributed by atoms with Gasteiger partial charge in [-0.15, -0.1) is 11.3 Å². The van der Waals surface area contributed by atoms with Crippen molar-refractivity contribution >= 4 is 33.4 Å². The van der Waals surface area contributed by atoms with Crippen molar-refractivity contribution in [3.05, 3.63) is 65.2 Å². The molecule has 1 amide bonds. The Hall–Kier alpha value is -3.53. The van der Waals surface area contributed by atoms with Crippen LogP contribution in [0.2, 0.25) is 0 Å². The molecule has 0 radical (unpaired) electrons. The Balaban J connectivity index is 1.54. The number of aromatic nitrogens is 6. The van der Waals surface area contributed by atoms with Crippen LogP contribution in [0.15, 0.2) is 48.1 Å². The van der Waals surface area contributed by atoms with Crippen LogP contribution in [0.4, 0.5) is 5.95 Å². The summed E-state index contributed by atoms with van der Waals surface area (Å²) >= 11 is 1.42. The molecule has 0 saturated carbocycles. The van der Waals surface area contributed by atoms with E-state index in [1.807, 2.05) is 17.5 Å². The Morgan fingerprint density at radius 2 is 1.70 bits per heavy atom. The molecule has 2 N–H and O–H groups in total. The Labute approximate surface area is 157 Å². The lowest BCUT2D eigenvalue weighted by molar-refractivity contribution is 0.0947. The second-order valence-corrected chi connectivity index (χ2v) is 6.41. The molecule has 0 unspecified atom stereocenters. The van der Waals surface area contributed by atoms with Crippen molar-refractivity contribution in [1.29, 1.82) is 0 Å². The van der Waals surface area contributed by atoms with Gasteiger partial charge in [-0.3, -0.25) is 4.79 Å². The molecule has 0 aliphatic heterocycles. The summed E-state index contributed by atoms with van der Waals surface area (Å²) in [6.07, 6.45) is 3.19. The molecule has 10 heteroatoms. The maximum Gasteiger partial charge on any atom is 0.271 e. The third-order valence-corrected chi connectivity index (χ3v) is 4.54. The third kappa shape index (κ3) is 4.01. The Morgan fingerprint density at radius 3 is 2.41 bits per heavy atom. The molecule has 4 heterocycles. The molecule has 0 aliphatic carbocycles. The monoisotopic (exact) mass is 378 g/mol.